The maximum atomic E-state index is 12.6. The van der Waals surface area contributed by atoms with Gasteiger partial charge in [0.15, 0.2) is 0 Å². The van der Waals surface area contributed by atoms with Gasteiger partial charge in [-0.05, 0) is 60.7 Å². The van der Waals surface area contributed by atoms with E-state index in [1.165, 1.54) is 18.3 Å². The molecule has 0 aliphatic heterocycles. The number of rotatable bonds is 4. The number of hydrogen-bond donors (Lipinski definition) is 2. The lowest BCUT2D eigenvalue weighted by Gasteiger charge is -2.10. The third-order valence-electron chi connectivity index (χ3n) is 3.57. The molecule has 0 saturated heterocycles. The Balaban J connectivity index is 1.63. The number of hydrogen-bond acceptors (Lipinski definition) is 3. The second-order valence-corrected chi connectivity index (χ2v) is 5.47. The lowest BCUT2D eigenvalue weighted by atomic mass is 10.2. The lowest BCUT2D eigenvalue weighted by molar-refractivity contribution is -0.137. The maximum Gasteiger partial charge on any atom is 0.416 e. The summed E-state index contributed by atoms with van der Waals surface area (Å²) in [7, 11) is 0. The molecule has 132 valence electrons. The normalized spacial score (nSPS) is 11.0. The molecule has 7 heteroatoms. The Kier molecular flexibility index (Phi) is 4.88. The Morgan fingerprint density at radius 3 is 1.96 bits per heavy atom. The van der Waals surface area contributed by atoms with E-state index in [-0.39, 0.29) is 5.91 Å². The van der Waals surface area contributed by atoms with Crippen LogP contribution in [0.25, 0.3) is 0 Å². The molecule has 3 rings (SSSR count). The summed E-state index contributed by atoms with van der Waals surface area (Å²) in [4.78, 5) is 15.9. The van der Waals surface area contributed by atoms with Crippen molar-refractivity contribution in [3.05, 3.63) is 84.2 Å². The monoisotopic (exact) mass is 357 g/mol. The molecule has 0 radical (unpaired) electrons. The van der Waals surface area contributed by atoms with Crippen molar-refractivity contribution in [1.82, 2.24) is 4.98 Å². The molecule has 0 unspecified atom stereocenters. The number of aromatic nitrogens is 1. The number of pyridine rings is 1. The van der Waals surface area contributed by atoms with Gasteiger partial charge >= 0.3 is 6.18 Å². The summed E-state index contributed by atoms with van der Waals surface area (Å²) >= 11 is 0. The van der Waals surface area contributed by atoms with Crippen LogP contribution in [-0.2, 0) is 6.18 Å². The van der Waals surface area contributed by atoms with Gasteiger partial charge in [0.2, 0.25) is 0 Å². The molecule has 2 aromatic carbocycles. The van der Waals surface area contributed by atoms with Crippen LogP contribution in [0.3, 0.4) is 0 Å². The quantitative estimate of drug-likeness (QED) is 0.683. The van der Waals surface area contributed by atoms with Crippen molar-refractivity contribution in [2.75, 3.05) is 10.6 Å². The molecule has 4 nitrogen and oxygen atoms in total. The van der Waals surface area contributed by atoms with E-state index in [1.807, 2.05) is 0 Å². The molecule has 0 saturated carbocycles. The fourth-order valence-electron chi connectivity index (χ4n) is 2.25. The second-order valence-electron chi connectivity index (χ2n) is 5.47. The highest BCUT2D eigenvalue weighted by Gasteiger charge is 2.29. The van der Waals surface area contributed by atoms with Crippen LogP contribution in [0, 0.1) is 0 Å². The molecule has 0 aliphatic rings. The summed E-state index contributed by atoms with van der Waals surface area (Å²) < 4.78 is 37.7. The van der Waals surface area contributed by atoms with Gasteiger partial charge in [0.1, 0.15) is 0 Å². The first-order valence-corrected chi connectivity index (χ1v) is 7.67. The van der Waals surface area contributed by atoms with Crippen LogP contribution in [0.1, 0.15) is 15.9 Å². The molecular formula is C19H14F3N3O. The Morgan fingerprint density at radius 2 is 1.42 bits per heavy atom. The number of nitrogens with one attached hydrogen (secondary N) is 2. The van der Waals surface area contributed by atoms with E-state index in [2.05, 4.69) is 15.6 Å². The first-order valence-electron chi connectivity index (χ1n) is 7.67. The van der Waals surface area contributed by atoms with E-state index in [0.717, 1.165) is 12.1 Å². The van der Waals surface area contributed by atoms with Gasteiger partial charge in [-0.2, -0.15) is 13.2 Å². The van der Waals surface area contributed by atoms with Crippen molar-refractivity contribution in [3.8, 4) is 0 Å². The van der Waals surface area contributed by atoms with Crippen molar-refractivity contribution in [2.45, 2.75) is 6.18 Å². The Hall–Kier alpha value is -3.35. The van der Waals surface area contributed by atoms with E-state index in [1.54, 1.807) is 42.6 Å². The SMILES string of the molecule is O=C(Nc1ccc(Nc2ccc(C(F)(F)F)cc2)cc1)c1cccnc1. The zero-order valence-corrected chi connectivity index (χ0v) is 13.4. The number of carbonyl (C=O) groups excluding carboxylic acids is 1. The van der Waals surface area contributed by atoms with Crippen molar-refractivity contribution in [3.63, 3.8) is 0 Å². The molecule has 0 aliphatic carbocycles. The Labute approximate surface area is 147 Å². The fraction of sp³-hybridized carbons (Fsp3) is 0.0526. The zero-order valence-electron chi connectivity index (χ0n) is 13.4. The molecule has 0 atom stereocenters. The lowest BCUT2D eigenvalue weighted by Crippen LogP contribution is -2.11. The Bertz CT molecular complexity index is 877. The van der Waals surface area contributed by atoms with Gasteiger partial charge in [0, 0.05) is 29.5 Å². The van der Waals surface area contributed by atoms with Crippen LogP contribution in [0.4, 0.5) is 30.2 Å². The average molecular weight is 357 g/mol. The third kappa shape index (κ3) is 4.38. The van der Waals surface area contributed by atoms with Gasteiger partial charge < -0.3 is 10.6 Å². The smallest absolute Gasteiger partial charge is 0.356 e. The summed E-state index contributed by atoms with van der Waals surface area (Å²) in [5, 5.41) is 5.75. The maximum absolute atomic E-state index is 12.6. The minimum atomic E-state index is -4.35. The third-order valence-corrected chi connectivity index (χ3v) is 3.57. The summed E-state index contributed by atoms with van der Waals surface area (Å²) in [6.07, 6.45) is -1.30. The van der Waals surface area contributed by atoms with Crippen molar-refractivity contribution in [1.29, 1.82) is 0 Å². The molecule has 0 spiro atoms. The second kappa shape index (κ2) is 7.26. The molecule has 1 amide bonds. The highest BCUT2D eigenvalue weighted by Crippen LogP contribution is 2.30. The van der Waals surface area contributed by atoms with Crippen LogP contribution < -0.4 is 10.6 Å². The number of halogens is 3. The highest BCUT2D eigenvalue weighted by atomic mass is 19.4. The van der Waals surface area contributed by atoms with Crippen molar-refractivity contribution in [2.24, 2.45) is 0 Å². The number of alkyl halides is 3. The molecule has 0 fully saturated rings. The van der Waals surface area contributed by atoms with Gasteiger partial charge in [0.25, 0.3) is 5.91 Å². The molecular weight excluding hydrogens is 343 g/mol. The first kappa shape index (κ1) is 17.5. The van der Waals surface area contributed by atoms with Crippen LogP contribution in [0.15, 0.2) is 73.1 Å². The van der Waals surface area contributed by atoms with Gasteiger partial charge in [-0.15, -0.1) is 0 Å². The minimum absolute atomic E-state index is 0.276. The van der Waals surface area contributed by atoms with Crippen LogP contribution in [-0.4, -0.2) is 10.9 Å². The summed E-state index contributed by atoms with van der Waals surface area (Å²) in [5.74, 6) is -0.276. The van der Waals surface area contributed by atoms with E-state index in [9.17, 15) is 18.0 Å². The first-order chi connectivity index (χ1) is 12.4. The number of benzene rings is 2. The molecule has 1 aromatic heterocycles. The van der Waals surface area contributed by atoms with Crippen molar-refractivity contribution < 1.29 is 18.0 Å². The van der Waals surface area contributed by atoms with Gasteiger partial charge in [-0.25, -0.2) is 0 Å². The largest absolute Gasteiger partial charge is 0.416 e. The predicted molar refractivity (Wildman–Crippen MR) is 93.4 cm³/mol. The van der Waals surface area contributed by atoms with E-state index in [4.69, 9.17) is 0 Å². The molecule has 0 bridgehead atoms. The van der Waals surface area contributed by atoms with Crippen LogP contribution >= 0.6 is 0 Å². The zero-order chi connectivity index (χ0) is 18.6. The van der Waals surface area contributed by atoms with E-state index in [0.29, 0.717) is 22.6 Å². The van der Waals surface area contributed by atoms with Crippen LogP contribution in [0.5, 0.6) is 0 Å². The molecule has 1 heterocycles. The average Bonchev–Trinajstić information content (AvgIpc) is 2.64. The summed E-state index contributed by atoms with van der Waals surface area (Å²) in [6.45, 7) is 0. The molecule has 3 aromatic rings. The number of anilines is 3. The minimum Gasteiger partial charge on any atom is -0.356 e. The number of amides is 1. The molecule has 2 N–H and O–H groups in total. The van der Waals surface area contributed by atoms with E-state index >= 15 is 0 Å². The number of nitrogens with zero attached hydrogens (tertiary/aromatic N) is 1. The standard InChI is InChI=1S/C19H14F3N3O/c20-19(21,22)14-3-5-15(6-4-14)24-16-7-9-17(10-8-16)25-18(26)13-2-1-11-23-12-13/h1-12,24H,(H,25,26). The predicted octanol–water partition coefficient (Wildman–Crippen LogP) is 5.10. The summed E-state index contributed by atoms with van der Waals surface area (Å²) in [6, 6.07) is 14.9. The number of carbonyl (C=O) groups is 1. The highest BCUT2D eigenvalue weighted by molar-refractivity contribution is 6.04. The summed E-state index contributed by atoms with van der Waals surface area (Å²) in [5.41, 5.74) is 1.56. The topological polar surface area (TPSA) is 54.0 Å². The van der Waals surface area contributed by atoms with Gasteiger partial charge in [0.05, 0.1) is 11.1 Å². The Morgan fingerprint density at radius 1 is 0.846 bits per heavy atom. The van der Waals surface area contributed by atoms with E-state index < -0.39 is 11.7 Å². The van der Waals surface area contributed by atoms with Crippen LogP contribution in [0.2, 0.25) is 0 Å². The van der Waals surface area contributed by atoms with Gasteiger partial charge in [-0.1, -0.05) is 0 Å². The fourth-order valence-corrected chi connectivity index (χ4v) is 2.25. The molecule has 26 heavy (non-hydrogen) atoms. The van der Waals surface area contributed by atoms with Crippen molar-refractivity contribution >= 4 is 23.0 Å². The van der Waals surface area contributed by atoms with Gasteiger partial charge in [-0.3, -0.25) is 9.78 Å².